The first-order chi connectivity index (χ1) is 6.13. The zero-order valence-corrected chi connectivity index (χ0v) is 9.81. The second kappa shape index (κ2) is 7.66. The molecule has 0 unspecified atom stereocenters. The lowest BCUT2D eigenvalue weighted by Gasteiger charge is -2.09. The first-order valence-corrected chi connectivity index (χ1v) is 5.30. The maximum atomic E-state index is 3.29. The smallest absolute Gasteiger partial charge is 0.0208 e. The van der Waals surface area contributed by atoms with Crippen molar-refractivity contribution in [3.05, 3.63) is 23.5 Å². The third kappa shape index (κ3) is 3.99. The van der Waals surface area contributed by atoms with Gasteiger partial charge in [0.25, 0.3) is 0 Å². The molecule has 0 bridgehead atoms. The zero-order valence-electron chi connectivity index (χ0n) is 9.81. The van der Waals surface area contributed by atoms with E-state index in [1.807, 2.05) is 20.0 Å². The van der Waals surface area contributed by atoms with Crippen LogP contribution < -0.4 is 0 Å². The van der Waals surface area contributed by atoms with E-state index in [0.717, 1.165) is 0 Å². The molecule has 1 aromatic heterocycles. The Hall–Kier alpha value is -0.720. The summed E-state index contributed by atoms with van der Waals surface area (Å²) in [5, 5.41) is 0. The second-order valence-corrected chi connectivity index (χ2v) is 3.66. The van der Waals surface area contributed by atoms with Gasteiger partial charge in [-0.15, -0.1) is 0 Å². The van der Waals surface area contributed by atoms with Crippen molar-refractivity contribution in [3.63, 3.8) is 0 Å². The van der Waals surface area contributed by atoms with Crippen molar-refractivity contribution in [2.45, 2.75) is 60.8 Å². The molecule has 1 heteroatoms. The van der Waals surface area contributed by atoms with E-state index in [9.17, 15) is 0 Å². The normalized spacial score (nSPS) is 9.43. The van der Waals surface area contributed by atoms with E-state index in [0.29, 0.717) is 11.8 Å². The molecule has 0 fully saturated rings. The minimum Gasteiger partial charge on any atom is -0.365 e. The lowest BCUT2D eigenvalue weighted by Crippen LogP contribution is -1.95. The molecule has 1 N–H and O–H groups in total. The Kier molecular flexibility index (Phi) is 8.61. The standard InChI is InChI=1S/C10H17N.C2H6.CH4/c1-7(2)9-5-6-11-10(9)8(3)4;1-2;/h5-8,11H,1-4H3;1-2H3;1H4. The Labute approximate surface area is 89.9 Å². The highest BCUT2D eigenvalue weighted by Gasteiger charge is 2.09. The predicted molar refractivity (Wildman–Crippen MR) is 67.0 cm³/mol. The van der Waals surface area contributed by atoms with Crippen LogP contribution in [0.15, 0.2) is 12.3 Å². The number of rotatable bonds is 2. The van der Waals surface area contributed by atoms with Crippen molar-refractivity contribution in [3.8, 4) is 0 Å². The molecule has 1 nitrogen and oxygen atoms in total. The van der Waals surface area contributed by atoms with E-state index in [1.165, 1.54) is 11.3 Å². The second-order valence-electron chi connectivity index (χ2n) is 3.66. The van der Waals surface area contributed by atoms with Gasteiger partial charge >= 0.3 is 0 Å². The van der Waals surface area contributed by atoms with E-state index in [4.69, 9.17) is 0 Å². The van der Waals surface area contributed by atoms with Crippen LogP contribution in [0.2, 0.25) is 0 Å². The number of hydrogen-bond acceptors (Lipinski definition) is 0. The zero-order chi connectivity index (χ0) is 10.4. The van der Waals surface area contributed by atoms with Gasteiger partial charge in [0.1, 0.15) is 0 Å². The Morgan fingerprint density at radius 1 is 1.00 bits per heavy atom. The minimum absolute atomic E-state index is 0. The van der Waals surface area contributed by atoms with Crippen molar-refractivity contribution < 1.29 is 0 Å². The van der Waals surface area contributed by atoms with Crippen LogP contribution in [0.1, 0.15) is 72.1 Å². The molecule has 14 heavy (non-hydrogen) atoms. The van der Waals surface area contributed by atoms with Gasteiger partial charge in [-0.05, 0) is 23.5 Å². The van der Waals surface area contributed by atoms with E-state index < -0.39 is 0 Å². The monoisotopic (exact) mass is 197 g/mol. The predicted octanol–water partition coefficient (Wildman–Crippen LogP) is 4.92. The first kappa shape index (κ1) is 15.7. The molecule has 0 aromatic carbocycles. The lowest BCUT2D eigenvalue weighted by molar-refractivity contribution is 0.774. The van der Waals surface area contributed by atoms with Crippen LogP contribution in [0.4, 0.5) is 0 Å². The molecule has 84 valence electrons. The van der Waals surface area contributed by atoms with Crippen LogP contribution in [-0.4, -0.2) is 4.98 Å². The van der Waals surface area contributed by atoms with Crippen LogP contribution in [0, 0.1) is 0 Å². The fourth-order valence-electron chi connectivity index (χ4n) is 1.40. The highest BCUT2D eigenvalue weighted by Crippen LogP contribution is 2.24. The van der Waals surface area contributed by atoms with E-state index >= 15 is 0 Å². The largest absolute Gasteiger partial charge is 0.365 e. The maximum Gasteiger partial charge on any atom is 0.0208 e. The number of aromatic amines is 1. The van der Waals surface area contributed by atoms with Gasteiger partial charge in [-0.2, -0.15) is 0 Å². The summed E-state index contributed by atoms with van der Waals surface area (Å²) in [4.78, 5) is 3.29. The molecule has 0 spiro atoms. The van der Waals surface area contributed by atoms with Gasteiger partial charge in [0.05, 0.1) is 0 Å². The van der Waals surface area contributed by atoms with Crippen LogP contribution in [-0.2, 0) is 0 Å². The summed E-state index contributed by atoms with van der Waals surface area (Å²) >= 11 is 0. The molecule has 0 atom stereocenters. The number of nitrogens with one attached hydrogen (secondary N) is 1. The number of aromatic nitrogens is 1. The van der Waals surface area contributed by atoms with Crippen molar-refractivity contribution in [1.29, 1.82) is 0 Å². The summed E-state index contributed by atoms with van der Waals surface area (Å²) in [6.07, 6.45) is 2.03. The lowest BCUT2D eigenvalue weighted by atomic mass is 9.98. The van der Waals surface area contributed by atoms with Gasteiger partial charge in [-0.1, -0.05) is 49.0 Å². The molecule has 0 aliphatic heterocycles. The van der Waals surface area contributed by atoms with Gasteiger partial charge in [0.15, 0.2) is 0 Å². The van der Waals surface area contributed by atoms with E-state index in [-0.39, 0.29) is 7.43 Å². The molecular weight excluding hydrogens is 170 g/mol. The molecule has 0 amide bonds. The SMILES string of the molecule is C.CC.CC(C)c1cc[nH]c1C(C)C. The fourth-order valence-corrected chi connectivity index (χ4v) is 1.40. The number of hydrogen-bond donors (Lipinski definition) is 1. The summed E-state index contributed by atoms with van der Waals surface area (Å²) in [6, 6.07) is 2.18. The average Bonchev–Trinajstić information content (AvgIpc) is 2.55. The van der Waals surface area contributed by atoms with Gasteiger partial charge in [-0.3, -0.25) is 0 Å². The van der Waals surface area contributed by atoms with Crippen molar-refractivity contribution in [2.24, 2.45) is 0 Å². The Morgan fingerprint density at radius 2 is 1.50 bits per heavy atom. The molecule has 0 radical (unpaired) electrons. The summed E-state index contributed by atoms with van der Waals surface area (Å²) in [5.74, 6) is 1.25. The number of H-pyrrole nitrogens is 1. The highest BCUT2D eigenvalue weighted by atomic mass is 14.7. The molecule has 0 aliphatic rings. The quantitative estimate of drug-likeness (QED) is 0.692. The van der Waals surface area contributed by atoms with Crippen molar-refractivity contribution >= 4 is 0 Å². The summed E-state index contributed by atoms with van der Waals surface area (Å²) in [6.45, 7) is 12.9. The maximum absolute atomic E-state index is 3.29. The van der Waals surface area contributed by atoms with Gasteiger partial charge in [0.2, 0.25) is 0 Å². The van der Waals surface area contributed by atoms with Crippen molar-refractivity contribution in [1.82, 2.24) is 4.98 Å². The van der Waals surface area contributed by atoms with E-state index in [2.05, 4.69) is 38.7 Å². The Morgan fingerprint density at radius 3 is 1.79 bits per heavy atom. The highest BCUT2D eigenvalue weighted by molar-refractivity contribution is 5.26. The van der Waals surface area contributed by atoms with Crippen molar-refractivity contribution in [2.75, 3.05) is 0 Å². The molecule has 0 saturated carbocycles. The van der Waals surface area contributed by atoms with Crippen LogP contribution >= 0.6 is 0 Å². The van der Waals surface area contributed by atoms with Gasteiger partial charge in [-0.25, -0.2) is 0 Å². The fraction of sp³-hybridized carbons (Fsp3) is 0.692. The first-order valence-electron chi connectivity index (χ1n) is 5.30. The summed E-state index contributed by atoms with van der Waals surface area (Å²) < 4.78 is 0. The molecule has 1 rings (SSSR count). The Balaban J connectivity index is 0. The average molecular weight is 197 g/mol. The van der Waals surface area contributed by atoms with Crippen LogP contribution in [0.5, 0.6) is 0 Å². The summed E-state index contributed by atoms with van der Waals surface area (Å²) in [7, 11) is 0. The third-order valence-electron chi connectivity index (χ3n) is 2.01. The van der Waals surface area contributed by atoms with Gasteiger partial charge < -0.3 is 4.98 Å². The molecule has 0 saturated heterocycles. The van der Waals surface area contributed by atoms with Crippen LogP contribution in [0.3, 0.4) is 0 Å². The van der Waals surface area contributed by atoms with Gasteiger partial charge in [0, 0.05) is 11.9 Å². The molecular formula is C13H27N. The third-order valence-corrected chi connectivity index (χ3v) is 2.01. The summed E-state index contributed by atoms with van der Waals surface area (Å²) in [5.41, 5.74) is 2.85. The topological polar surface area (TPSA) is 15.8 Å². The Bertz CT molecular complexity index is 198. The van der Waals surface area contributed by atoms with Crippen LogP contribution in [0.25, 0.3) is 0 Å². The molecule has 1 heterocycles. The minimum atomic E-state index is 0. The van der Waals surface area contributed by atoms with E-state index in [1.54, 1.807) is 0 Å². The molecule has 1 aromatic rings. The molecule has 0 aliphatic carbocycles.